The third kappa shape index (κ3) is 2.38. The van der Waals surface area contributed by atoms with Crippen molar-refractivity contribution in [2.24, 2.45) is 0 Å². The van der Waals surface area contributed by atoms with E-state index in [1.807, 2.05) is 48.7 Å². The Balaban J connectivity index is 1.60. The molecule has 0 saturated heterocycles. The van der Waals surface area contributed by atoms with Crippen LogP contribution < -0.4 is 4.74 Å². The minimum Gasteiger partial charge on any atom is -0.486 e. The Hall–Kier alpha value is -2.25. The van der Waals surface area contributed by atoms with E-state index in [2.05, 4.69) is 15.3 Å². The van der Waals surface area contributed by atoms with Crippen LogP contribution in [0.25, 0.3) is 15.7 Å². The topological polar surface area (TPSA) is 52.3 Å². The largest absolute Gasteiger partial charge is 0.486 e. The van der Waals surface area contributed by atoms with Gasteiger partial charge in [0, 0.05) is 0 Å². The summed E-state index contributed by atoms with van der Waals surface area (Å²) < 4.78 is 7.63. The first-order valence-electron chi connectivity index (χ1n) is 6.75. The molecule has 0 bridgehead atoms. The molecule has 4 rings (SSSR count). The van der Waals surface area contributed by atoms with Crippen LogP contribution in [0.2, 0.25) is 0 Å². The Kier molecular flexibility index (Phi) is 3.36. The highest BCUT2D eigenvalue weighted by Gasteiger charge is 2.14. The van der Waals surface area contributed by atoms with E-state index < -0.39 is 0 Å². The van der Waals surface area contributed by atoms with Crippen LogP contribution in [0.15, 0.2) is 41.8 Å². The fraction of sp³-hybridized carbons (Fsp3) is 0.133. The van der Waals surface area contributed by atoms with Crippen molar-refractivity contribution < 1.29 is 4.74 Å². The van der Waals surface area contributed by atoms with Gasteiger partial charge in [-0.25, -0.2) is 0 Å². The number of hydrogen-bond donors (Lipinski definition) is 0. The minimum atomic E-state index is 0.433. The van der Waals surface area contributed by atoms with Crippen LogP contribution in [-0.2, 0) is 6.61 Å². The monoisotopic (exact) mass is 328 g/mol. The van der Waals surface area contributed by atoms with E-state index in [0.29, 0.717) is 6.61 Å². The van der Waals surface area contributed by atoms with Crippen LogP contribution in [0.3, 0.4) is 0 Å². The zero-order valence-corrected chi connectivity index (χ0v) is 13.4. The quantitative estimate of drug-likeness (QED) is 0.572. The number of aryl methyl sites for hydroxylation is 1. The van der Waals surface area contributed by atoms with Crippen LogP contribution >= 0.6 is 22.7 Å². The molecule has 0 spiro atoms. The van der Waals surface area contributed by atoms with Crippen LogP contribution in [0, 0.1) is 6.92 Å². The van der Waals surface area contributed by atoms with Gasteiger partial charge in [-0.15, -0.1) is 21.5 Å². The molecule has 0 amide bonds. The second-order valence-corrected chi connectivity index (χ2v) is 6.73. The number of hydrogen-bond acceptors (Lipinski definition) is 6. The number of benzene rings is 1. The Morgan fingerprint density at radius 2 is 2.05 bits per heavy atom. The van der Waals surface area contributed by atoms with Crippen LogP contribution in [0.4, 0.5) is 0 Å². The van der Waals surface area contributed by atoms with E-state index in [1.54, 1.807) is 15.9 Å². The van der Waals surface area contributed by atoms with Gasteiger partial charge < -0.3 is 4.74 Å². The maximum Gasteiger partial charge on any atom is 0.235 e. The lowest BCUT2D eigenvalue weighted by atomic mass is 10.2. The van der Waals surface area contributed by atoms with Gasteiger partial charge in [-0.2, -0.15) is 9.61 Å². The molecule has 110 valence electrons. The van der Waals surface area contributed by atoms with Gasteiger partial charge in [0.2, 0.25) is 4.96 Å². The van der Waals surface area contributed by atoms with Gasteiger partial charge in [-0.1, -0.05) is 35.6 Å². The van der Waals surface area contributed by atoms with Gasteiger partial charge in [0.25, 0.3) is 0 Å². The van der Waals surface area contributed by atoms with Crippen molar-refractivity contribution >= 4 is 27.6 Å². The van der Waals surface area contributed by atoms with Crippen LogP contribution in [-0.4, -0.2) is 19.8 Å². The Morgan fingerprint density at radius 3 is 2.86 bits per heavy atom. The molecule has 1 aromatic carbocycles. The number of thiophene rings is 1. The molecule has 0 aliphatic rings. The second-order valence-electron chi connectivity index (χ2n) is 4.75. The number of aromatic nitrogens is 4. The number of fused-ring (bicyclic) bond motifs is 1. The molecule has 0 aliphatic carbocycles. The molecule has 3 heterocycles. The summed E-state index contributed by atoms with van der Waals surface area (Å²) in [7, 11) is 0. The average molecular weight is 328 g/mol. The number of para-hydroxylation sites is 1. The molecule has 22 heavy (non-hydrogen) atoms. The summed E-state index contributed by atoms with van der Waals surface area (Å²) in [5, 5.41) is 15.9. The highest BCUT2D eigenvalue weighted by atomic mass is 32.1. The van der Waals surface area contributed by atoms with E-state index in [9.17, 15) is 0 Å². The Morgan fingerprint density at radius 1 is 1.14 bits per heavy atom. The summed E-state index contributed by atoms with van der Waals surface area (Å²) >= 11 is 3.13. The van der Waals surface area contributed by atoms with E-state index in [0.717, 1.165) is 32.0 Å². The molecule has 0 unspecified atom stereocenters. The smallest absolute Gasteiger partial charge is 0.235 e. The summed E-state index contributed by atoms with van der Waals surface area (Å²) in [6.45, 7) is 2.46. The molecule has 4 aromatic rings. The first kappa shape index (κ1) is 13.4. The highest BCUT2D eigenvalue weighted by Crippen LogP contribution is 2.26. The van der Waals surface area contributed by atoms with Gasteiger partial charge in [0.15, 0.2) is 10.8 Å². The van der Waals surface area contributed by atoms with Crippen molar-refractivity contribution in [3.63, 3.8) is 0 Å². The fourth-order valence-electron chi connectivity index (χ4n) is 2.13. The Labute approximate surface area is 134 Å². The van der Waals surface area contributed by atoms with E-state index in [-0.39, 0.29) is 0 Å². The zero-order valence-electron chi connectivity index (χ0n) is 11.8. The maximum atomic E-state index is 5.84. The summed E-state index contributed by atoms with van der Waals surface area (Å²) in [4.78, 5) is 1.84. The SMILES string of the molecule is Cc1ccccc1OCc1nn2c(-c3cccs3)nnc2s1. The van der Waals surface area contributed by atoms with Crippen molar-refractivity contribution in [3.8, 4) is 16.5 Å². The maximum absolute atomic E-state index is 5.84. The number of nitrogens with zero attached hydrogens (tertiary/aromatic N) is 4. The van der Waals surface area contributed by atoms with Gasteiger partial charge >= 0.3 is 0 Å². The minimum absolute atomic E-state index is 0.433. The van der Waals surface area contributed by atoms with E-state index in [4.69, 9.17) is 4.74 Å². The highest BCUT2D eigenvalue weighted by molar-refractivity contribution is 7.16. The molecule has 0 aliphatic heterocycles. The van der Waals surface area contributed by atoms with Crippen molar-refractivity contribution in [3.05, 3.63) is 52.3 Å². The lowest BCUT2D eigenvalue weighted by Gasteiger charge is -2.06. The molecular formula is C15H12N4OS2. The molecule has 5 nitrogen and oxygen atoms in total. The fourth-order valence-corrected chi connectivity index (χ4v) is 3.57. The van der Waals surface area contributed by atoms with Crippen LogP contribution in [0.1, 0.15) is 10.6 Å². The molecule has 0 N–H and O–H groups in total. The van der Waals surface area contributed by atoms with Crippen molar-refractivity contribution in [2.45, 2.75) is 13.5 Å². The molecule has 7 heteroatoms. The van der Waals surface area contributed by atoms with Gasteiger partial charge in [0.1, 0.15) is 12.4 Å². The summed E-state index contributed by atoms with van der Waals surface area (Å²) in [6.07, 6.45) is 0. The summed E-state index contributed by atoms with van der Waals surface area (Å²) in [6, 6.07) is 12.0. The number of ether oxygens (including phenoxy) is 1. The lowest BCUT2D eigenvalue weighted by Crippen LogP contribution is -1.98. The summed E-state index contributed by atoms with van der Waals surface area (Å²) in [5.41, 5.74) is 1.12. The lowest BCUT2D eigenvalue weighted by molar-refractivity contribution is 0.302. The predicted molar refractivity (Wildman–Crippen MR) is 87.5 cm³/mol. The molecule has 0 radical (unpaired) electrons. The molecule has 3 aromatic heterocycles. The second kappa shape index (κ2) is 5.51. The first-order valence-corrected chi connectivity index (χ1v) is 8.44. The number of rotatable bonds is 4. The molecule has 0 fully saturated rings. The van der Waals surface area contributed by atoms with E-state index >= 15 is 0 Å². The first-order chi connectivity index (χ1) is 10.8. The van der Waals surface area contributed by atoms with E-state index in [1.165, 1.54) is 11.3 Å². The van der Waals surface area contributed by atoms with Crippen molar-refractivity contribution in [1.82, 2.24) is 19.8 Å². The zero-order chi connectivity index (χ0) is 14.9. The third-order valence-electron chi connectivity index (χ3n) is 3.22. The molecular weight excluding hydrogens is 316 g/mol. The van der Waals surface area contributed by atoms with Gasteiger partial charge in [-0.05, 0) is 30.0 Å². The molecule has 0 atom stereocenters. The van der Waals surface area contributed by atoms with Gasteiger partial charge in [-0.3, -0.25) is 0 Å². The normalized spacial score (nSPS) is 11.1. The van der Waals surface area contributed by atoms with Gasteiger partial charge in [0.05, 0.1) is 4.88 Å². The van der Waals surface area contributed by atoms with Crippen molar-refractivity contribution in [2.75, 3.05) is 0 Å². The summed E-state index contributed by atoms with van der Waals surface area (Å²) in [5.74, 6) is 1.66. The molecule has 0 saturated carbocycles. The predicted octanol–water partition coefficient (Wildman–Crippen LogP) is 3.80. The average Bonchev–Trinajstić information content (AvgIpc) is 3.22. The van der Waals surface area contributed by atoms with Crippen molar-refractivity contribution in [1.29, 1.82) is 0 Å². The standard InChI is InChI=1S/C15H12N4OS2/c1-10-5-2-3-6-11(10)20-9-13-18-19-14(12-7-4-8-21-12)16-17-15(19)22-13/h2-8H,9H2,1H3. The van der Waals surface area contributed by atoms with Crippen LogP contribution in [0.5, 0.6) is 5.75 Å². The Bertz CT molecular complexity index is 911. The third-order valence-corrected chi connectivity index (χ3v) is 4.96.